The monoisotopic (exact) mass is 1990 g/mol. The summed E-state index contributed by atoms with van der Waals surface area (Å²) in [5.41, 5.74) is 19.2. The van der Waals surface area contributed by atoms with Crippen LogP contribution in [0.2, 0.25) is 0 Å². The van der Waals surface area contributed by atoms with Crippen LogP contribution in [0.1, 0.15) is 458 Å². The van der Waals surface area contributed by atoms with E-state index in [4.69, 9.17) is 0 Å². The van der Waals surface area contributed by atoms with Gasteiger partial charge in [0.2, 0.25) is 0 Å². The van der Waals surface area contributed by atoms with Crippen molar-refractivity contribution in [3.8, 4) is 107 Å². The maximum Gasteiger partial charge on any atom is 0.0481 e. The second kappa shape index (κ2) is 59.9. The van der Waals surface area contributed by atoms with E-state index in [1.807, 2.05) is 22.7 Å². The molecule has 722 valence electrons. The van der Waals surface area contributed by atoms with Gasteiger partial charge in [0.25, 0.3) is 0 Å². The lowest BCUT2D eigenvalue weighted by Gasteiger charge is -2.02. The van der Waals surface area contributed by atoms with E-state index in [1.54, 1.807) is 116 Å². The van der Waals surface area contributed by atoms with Gasteiger partial charge in [-0.25, -0.2) is 0 Å². The largest absolute Gasteiger partial charge is 0.143 e. The summed E-state index contributed by atoms with van der Waals surface area (Å²) >= 11 is 25.7. The van der Waals surface area contributed by atoms with E-state index in [9.17, 15) is 0 Å². The molecule has 0 aliphatic carbocycles. The summed E-state index contributed by atoms with van der Waals surface area (Å²) in [5, 5.41) is 4.89. The van der Waals surface area contributed by atoms with Crippen LogP contribution in [0.5, 0.6) is 0 Å². The predicted molar refractivity (Wildman–Crippen MR) is 615 cm³/mol. The molecule has 0 amide bonds. The van der Waals surface area contributed by atoms with Crippen LogP contribution < -0.4 is 0 Å². The van der Waals surface area contributed by atoms with Crippen LogP contribution in [0.3, 0.4) is 0 Å². The number of thiophene rings is 12. The van der Waals surface area contributed by atoms with E-state index < -0.39 is 0 Å². The van der Waals surface area contributed by atoms with Crippen LogP contribution in [-0.4, -0.2) is 0 Å². The fourth-order valence-corrected chi connectivity index (χ4v) is 35.2. The normalized spacial score (nSPS) is 11.9. The van der Waals surface area contributed by atoms with E-state index in [2.05, 4.69) is 280 Å². The van der Waals surface area contributed by atoms with Gasteiger partial charge in [0.15, 0.2) is 0 Å². The number of aryl methyl sites for hydroxylation is 12. The molecule has 12 heterocycles. The van der Waals surface area contributed by atoms with Crippen molar-refractivity contribution in [3.05, 3.63) is 150 Å². The first-order chi connectivity index (χ1) is 65.0. The molecule has 0 spiro atoms. The lowest BCUT2D eigenvalue weighted by molar-refractivity contribution is 0.667. The number of hydrogen-bond donors (Lipinski definition) is 0. The molecule has 0 N–H and O–H groups in total. The quantitative estimate of drug-likeness (QED) is 0.0333. The SMILES string of the molecule is CCCCCCc1csc(-c2sc(-c3sc(-c4sc(-c5sc(-c6sc(-c7sc(-c8sc(-c9sc(-c%10sc(-c%11sc(-c%12sccc%12CCCCCC)cc%11CCCCCC)cc%10CCCCCC)cc9CCCCCC)cc8CCCCCC)cc7CCCCCC)cc6CCCCCC)cc5CCCCCC)cc4CCCCCC)cc3CCCCCC)cc2CCCCCC)c1. The van der Waals surface area contributed by atoms with Crippen LogP contribution >= 0.6 is 136 Å². The van der Waals surface area contributed by atoms with E-state index in [0.29, 0.717) is 0 Å². The highest BCUT2D eigenvalue weighted by Gasteiger charge is 2.30. The summed E-state index contributed by atoms with van der Waals surface area (Å²) in [6.07, 6.45) is 76.1. The molecule has 0 unspecified atom stereocenters. The van der Waals surface area contributed by atoms with Crippen LogP contribution in [0, 0.1) is 0 Å². The van der Waals surface area contributed by atoms with Crippen molar-refractivity contribution in [1.29, 1.82) is 0 Å². The molecule has 0 saturated heterocycles. The van der Waals surface area contributed by atoms with Gasteiger partial charge in [-0.05, 0) is 304 Å². The lowest BCUT2D eigenvalue weighted by atomic mass is 10.0. The molecule has 12 heteroatoms. The third kappa shape index (κ3) is 31.4. The van der Waals surface area contributed by atoms with Gasteiger partial charge in [-0.3, -0.25) is 0 Å². The van der Waals surface area contributed by atoms with Crippen molar-refractivity contribution in [2.75, 3.05) is 0 Å². The van der Waals surface area contributed by atoms with Gasteiger partial charge in [0, 0.05) is 107 Å². The zero-order valence-electron chi connectivity index (χ0n) is 84.4. The standard InChI is InChI=1S/C120H170S12/c1-13-25-37-49-61-87-75-99(122-86-87)111-89(63-51-39-27-15-3)77-101(124-111)113-91(65-53-41-29-17-5)79-103(126-113)115-93(67-55-43-31-19-7)81-105(128-115)117-95(69-57-45-33-21-9)83-107(130-117)119-97(71-59-47-35-23-11)85-109(132-119)120-98(72-60-48-36-24-12)84-108(131-120)118-96(70-58-46-34-22-10)82-106(129-118)116-94(68-56-44-32-20-8)80-104(127-116)114-92(66-54-42-30-18-6)78-102(125-114)112-90(64-52-40-28-16-4)76-100(123-112)110-88(73-74-121-110)62-50-38-26-14-2/h73-86H,13-72H2,1-12H3. The summed E-state index contributed by atoms with van der Waals surface area (Å²) in [7, 11) is 0. The molecular weight excluding hydrogens is 1830 g/mol. The van der Waals surface area contributed by atoms with Gasteiger partial charge < -0.3 is 0 Å². The second-order valence-corrected chi connectivity index (χ2v) is 51.3. The third-order valence-electron chi connectivity index (χ3n) is 27.6. The first-order valence-corrected chi connectivity index (χ1v) is 64.4. The Kier molecular flexibility index (Phi) is 48.6. The van der Waals surface area contributed by atoms with Crippen molar-refractivity contribution in [1.82, 2.24) is 0 Å². The summed E-state index contributed by atoms with van der Waals surface area (Å²) in [4.78, 5) is 33.9. The maximum atomic E-state index is 2.77. The van der Waals surface area contributed by atoms with Crippen LogP contribution in [0.4, 0.5) is 0 Å². The fraction of sp³-hybridized carbons (Fsp3) is 0.600. The summed E-state index contributed by atoms with van der Waals surface area (Å²) in [6, 6.07) is 32.4. The highest BCUT2D eigenvalue weighted by molar-refractivity contribution is 7.33. The van der Waals surface area contributed by atoms with E-state index in [1.165, 1.54) is 399 Å². The smallest absolute Gasteiger partial charge is 0.0481 e. The second-order valence-electron chi connectivity index (χ2n) is 39.0. The average Bonchev–Trinajstić information content (AvgIpc) is 1.61. The molecular formula is C120H170S12. The molecule has 0 fully saturated rings. The Balaban J connectivity index is 0.956. The van der Waals surface area contributed by atoms with E-state index in [-0.39, 0.29) is 0 Å². The highest BCUT2D eigenvalue weighted by atomic mass is 32.1. The molecule has 0 aliphatic heterocycles. The number of rotatable bonds is 71. The van der Waals surface area contributed by atoms with Gasteiger partial charge in [-0.2, -0.15) is 0 Å². The molecule has 132 heavy (non-hydrogen) atoms. The molecule has 0 nitrogen and oxygen atoms in total. The van der Waals surface area contributed by atoms with Crippen molar-refractivity contribution in [2.24, 2.45) is 0 Å². The van der Waals surface area contributed by atoms with Gasteiger partial charge in [-0.1, -0.05) is 314 Å². The molecule has 0 atom stereocenters. The zero-order chi connectivity index (χ0) is 92.4. The zero-order valence-corrected chi connectivity index (χ0v) is 94.2. The summed E-state index contributed by atoms with van der Waals surface area (Å²) < 4.78 is 0. The number of hydrogen-bond acceptors (Lipinski definition) is 12. The Labute approximate surface area is 853 Å². The Morgan fingerprint density at radius 3 is 0.485 bits per heavy atom. The first-order valence-electron chi connectivity index (χ1n) is 54.5. The molecule has 0 radical (unpaired) electrons. The lowest BCUT2D eigenvalue weighted by Crippen LogP contribution is -1.87. The fourth-order valence-electron chi connectivity index (χ4n) is 19.6. The Morgan fingerprint density at radius 1 is 0.144 bits per heavy atom. The van der Waals surface area contributed by atoms with Crippen molar-refractivity contribution < 1.29 is 0 Å². The van der Waals surface area contributed by atoms with Crippen LogP contribution in [0.15, 0.2) is 83.6 Å². The van der Waals surface area contributed by atoms with Gasteiger partial charge in [-0.15, -0.1) is 136 Å². The number of unbranched alkanes of at least 4 members (excludes halogenated alkanes) is 36. The summed E-state index contributed by atoms with van der Waals surface area (Å²) in [6.45, 7) is 28.5. The Bertz CT molecular complexity index is 5160. The van der Waals surface area contributed by atoms with E-state index >= 15 is 0 Å². The molecule has 0 saturated carbocycles. The van der Waals surface area contributed by atoms with Crippen molar-refractivity contribution in [2.45, 2.75) is 468 Å². The molecule has 0 aliphatic rings. The van der Waals surface area contributed by atoms with Crippen molar-refractivity contribution in [3.63, 3.8) is 0 Å². The minimum Gasteiger partial charge on any atom is -0.143 e. The average molecular weight is 2000 g/mol. The minimum absolute atomic E-state index is 1.15. The minimum atomic E-state index is 1.15. The molecule has 12 aromatic rings. The first kappa shape index (κ1) is 107. The summed E-state index contributed by atoms with van der Waals surface area (Å²) in [5.74, 6) is 0. The van der Waals surface area contributed by atoms with Gasteiger partial charge >= 0.3 is 0 Å². The Hall–Kier alpha value is -3.60. The third-order valence-corrected chi connectivity index (χ3v) is 43.3. The van der Waals surface area contributed by atoms with Gasteiger partial charge in [0.05, 0.1) is 0 Å². The molecule has 0 bridgehead atoms. The van der Waals surface area contributed by atoms with E-state index in [0.717, 1.165) is 44.9 Å². The molecule has 12 rings (SSSR count). The topological polar surface area (TPSA) is 0 Å². The predicted octanol–water partition coefficient (Wildman–Crippen LogP) is 46.2. The Morgan fingerprint density at radius 2 is 0.303 bits per heavy atom. The van der Waals surface area contributed by atoms with Crippen LogP contribution in [-0.2, 0) is 77.0 Å². The molecule has 12 aromatic heterocycles. The van der Waals surface area contributed by atoms with Crippen molar-refractivity contribution >= 4 is 136 Å². The van der Waals surface area contributed by atoms with Crippen LogP contribution in [0.25, 0.3) is 107 Å². The van der Waals surface area contributed by atoms with Gasteiger partial charge in [0.1, 0.15) is 0 Å². The molecule has 0 aromatic carbocycles. The maximum absolute atomic E-state index is 2.77. The highest BCUT2D eigenvalue weighted by Crippen LogP contribution is 2.57.